The maximum atomic E-state index is 11.6. The molecule has 1 aromatic rings. The van der Waals surface area contributed by atoms with Crippen molar-refractivity contribution in [3.8, 4) is 0 Å². The minimum absolute atomic E-state index is 0.143. The molecular formula is C10H13ClN2O3. The summed E-state index contributed by atoms with van der Waals surface area (Å²) in [5.41, 5.74) is 0.397. The van der Waals surface area contributed by atoms with Crippen LogP contribution in [0.1, 0.15) is 17.4 Å². The highest BCUT2D eigenvalue weighted by atomic mass is 35.5. The summed E-state index contributed by atoms with van der Waals surface area (Å²) < 4.78 is 6.26. The van der Waals surface area contributed by atoms with Crippen molar-refractivity contribution in [2.24, 2.45) is 7.05 Å². The molecule has 5 nitrogen and oxygen atoms in total. The zero-order chi connectivity index (χ0) is 12.1. The van der Waals surface area contributed by atoms with Gasteiger partial charge >= 0.3 is 5.97 Å². The molecule has 1 rings (SSSR count). The Hall–Kier alpha value is -1.49. The van der Waals surface area contributed by atoms with Crippen molar-refractivity contribution >= 4 is 23.5 Å². The lowest BCUT2D eigenvalue weighted by Gasteiger charge is -2.05. The summed E-state index contributed by atoms with van der Waals surface area (Å²) >= 11 is 5.73. The summed E-state index contributed by atoms with van der Waals surface area (Å²) in [5.74, 6) is -0.821. The Morgan fingerprint density at radius 1 is 1.56 bits per heavy atom. The van der Waals surface area contributed by atoms with E-state index in [1.165, 1.54) is 6.07 Å². The maximum Gasteiger partial charge on any atom is 0.325 e. The van der Waals surface area contributed by atoms with Gasteiger partial charge in [0.15, 0.2) is 0 Å². The molecule has 0 saturated carbocycles. The number of hydrogen-bond acceptors (Lipinski definition) is 3. The fourth-order valence-corrected chi connectivity index (χ4v) is 1.45. The molecule has 0 aliphatic heterocycles. The average Bonchev–Trinajstić information content (AvgIpc) is 2.55. The largest absolute Gasteiger partial charge is 0.465 e. The molecule has 0 unspecified atom stereocenters. The molecule has 0 aliphatic rings. The molecule has 88 valence electrons. The first kappa shape index (κ1) is 12.6. The summed E-state index contributed by atoms with van der Waals surface area (Å²) in [6.07, 6.45) is 1.61. The number of hydrogen-bond donors (Lipinski definition) is 1. The highest BCUT2D eigenvalue weighted by molar-refractivity contribution is 6.31. The first-order chi connectivity index (χ1) is 7.54. The van der Waals surface area contributed by atoms with E-state index in [1.807, 2.05) is 0 Å². The molecule has 1 heterocycles. The van der Waals surface area contributed by atoms with E-state index in [9.17, 15) is 9.59 Å². The van der Waals surface area contributed by atoms with Crippen LogP contribution in [0, 0.1) is 0 Å². The van der Waals surface area contributed by atoms with Crippen LogP contribution in [0.2, 0.25) is 5.02 Å². The third-order valence-corrected chi connectivity index (χ3v) is 2.11. The minimum atomic E-state index is -0.462. The lowest BCUT2D eigenvalue weighted by atomic mass is 10.4. The highest BCUT2D eigenvalue weighted by Gasteiger charge is 2.12. The number of esters is 1. The smallest absolute Gasteiger partial charge is 0.325 e. The number of amides is 1. The van der Waals surface area contributed by atoms with Crippen LogP contribution in [-0.2, 0) is 16.6 Å². The number of aryl methyl sites for hydroxylation is 1. The van der Waals surface area contributed by atoms with E-state index < -0.39 is 5.97 Å². The second-order valence-corrected chi connectivity index (χ2v) is 3.58. The van der Waals surface area contributed by atoms with Gasteiger partial charge in [0.05, 0.1) is 11.6 Å². The fraction of sp³-hybridized carbons (Fsp3) is 0.400. The molecule has 0 fully saturated rings. The van der Waals surface area contributed by atoms with Gasteiger partial charge < -0.3 is 14.6 Å². The SMILES string of the molecule is CCOC(=O)CNC(=O)c1cc(Cl)cn1C. The fourth-order valence-electron chi connectivity index (χ4n) is 1.20. The van der Waals surface area contributed by atoms with Gasteiger partial charge in [-0.15, -0.1) is 0 Å². The monoisotopic (exact) mass is 244 g/mol. The number of carbonyl (C=O) groups excluding carboxylic acids is 2. The quantitative estimate of drug-likeness (QED) is 0.803. The Labute approximate surface area is 98.3 Å². The molecule has 0 saturated heterocycles. The van der Waals surface area contributed by atoms with Crippen LogP contribution in [0.5, 0.6) is 0 Å². The number of carbonyl (C=O) groups is 2. The Bertz CT molecular complexity index is 401. The number of ether oxygens (including phenoxy) is 1. The van der Waals surface area contributed by atoms with Crippen LogP contribution >= 0.6 is 11.6 Å². The molecule has 6 heteroatoms. The molecule has 0 atom stereocenters. The van der Waals surface area contributed by atoms with Gasteiger partial charge in [-0.2, -0.15) is 0 Å². The third-order valence-electron chi connectivity index (χ3n) is 1.90. The molecule has 1 amide bonds. The first-order valence-electron chi connectivity index (χ1n) is 4.80. The van der Waals surface area contributed by atoms with Gasteiger partial charge in [-0.25, -0.2) is 0 Å². The van der Waals surface area contributed by atoms with Crippen LogP contribution < -0.4 is 5.32 Å². The van der Waals surface area contributed by atoms with Gasteiger partial charge in [-0.3, -0.25) is 9.59 Å². The Balaban J connectivity index is 2.53. The van der Waals surface area contributed by atoms with Crippen molar-refractivity contribution in [1.29, 1.82) is 0 Å². The number of nitrogens with zero attached hydrogens (tertiary/aromatic N) is 1. The van der Waals surface area contributed by atoms with E-state index >= 15 is 0 Å². The summed E-state index contributed by atoms with van der Waals surface area (Å²) in [5, 5.41) is 2.92. The van der Waals surface area contributed by atoms with Gasteiger partial charge in [0.1, 0.15) is 12.2 Å². The van der Waals surface area contributed by atoms with Crippen molar-refractivity contribution in [2.45, 2.75) is 6.92 Å². The molecular weight excluding hydrogens is 232 g/mol. The molecule has 0 spiro atoms. The van der Waals surface area contributed by atoms with E-state index in [2.05, 4.69) is 10.1 Å². The number of rotatable bonds is 4. The van der Waals surface area contributed by atoms with Crippen molar-refractivity contribution in [1.82, 2.24) is 9.88 Å². The number of nitrogens with one attached hydrogen (secondary N) is 1. The molecule has 1 aromatic heterocycles. The van der Waals surface area contributed by atoms with Crippen molar-refractivity contribution in [3.05, 3.63) is 23.0 Å². The standard InChI is InChI=1S/C10H13ClN2O3/c1-3-16-9(14)5-12-10(15)8-4-7(11)6-13(8)2/h4,6H,3,5H2,1-2H3,(H,12,15). The maximum absolute atomic E-state index is 11.6. The first-order valence-corrected chi connectivity index (χ1v) is 5.18. The predicted octanol–water partition coefficient (Wildman–Crippen LogP) is 0.971. The van der Waals surface area contributed by atoms with Crippen LogP contribution in [0.4, 0.5) is 0 Å². The Morgan fingerprint density at radius 2 is 2.25 bits per heavy atom. The van der Waals surface area contributed by atoms with Crippen molar-refractivity contribution in [2.75, 3.05) is 13.2 Å². The number of aromatic nitrogens is 1. The molecule has 0 aromatic carbocycles. The summed E-state index contributed by atoms with van der Waals surface area (Å²) in [6, 6.07) is 1.53. The van der Waals surface area contributed by atoms with Gasteiger partial charge in [-0.1, -0.05) is 11.6 Å². The molecule has 0 radical (unpaired) electrons. The van der Waals surface area contributed by atoms with Crippen LogP contribution in [0.3, 0.4) is 0 Å². The van der Waals surface area contributed by atoms with Gasteiger partial charge in [0.2, 0.25) is 0 Å². The molecule has 1 N–H and O–H groups in total. The van der Waals surface area contributed by atoms with Gasteiger partial charge in [-0.05, 0) is 13.0 Å². The van der Waals surface area contributed by atoms with Gasteiger partial charge in [0.25, 0.3) is 5.91 Å². The topological polar surface area (TPSA) is 60.3 Å². The van der Waals surface area contributed by atoms with E-state index in [0.29, 0.717) is 17.3 Å². The Kier molecular flexibility index (Phi) is 4.37. The van der Waals surface area contributed by atoms with E-state index in [-0.39, 0.29) is 12.5 Å². The normalized spacial score (nSPS) is 9.94. The summed E-state index contributed by atoms with van der Waals surface area (Å²) in [4.78, 5) is 22.6. The van der Waals surface area contributed by atoms with Crippen LogP contribution in [0.25, 0.3) is 0 Å². The molecule has 0 aliphatic carbocycles. The van der Waals surface area contributed by atoms with Gasteiger partial charge in [0, 0.05) is 13.2 Å². The third kappa shape index (κ3) is 3.27. The highest BCUT2D eigenvalue weighted by Crippen LogP contribution is 2.12. The van der Waals surface area contributed by atoms with Crippen LogP contribution in [0.15, 0.2) is 12.3 Å². The zero-order valence-corrected chi connectivity index (χ0v) is 9.87. The number of halogens is 1. The van der Waals surface area contributed by atoms with Crippen LogP contribution in [-0.4, -0.2) is 29.6 Å². The second kappa shape index (κ2) is 5.55. The van der Waals surface area contributed by atoms with E-state index in [4.69, 9.17) is 11.6 Å². The van der Waals surface area contributed by atoms with E-state index in [1.54, 1.807) is 24.7 Å². The molecule has 0 bridgehead atoms. The predicted molar refractivity (Wildman–Crippen MR) is 59.4 cm³/mol. The van der Waals surface area contributed by atoms with Crippen molar-refractivity contribution in [3.63, 3.8) is 0 Å². The second-order valence-electron chi connectivity index (χ2n) is 3.14. The van der Waals surface area contributed by atoms with Crippen molar-refractivity contribution < 1.29 is 14.3 Å². The average molecular weight is 245 g/mol. The van der Waals surface area contributed by atoms with E-state index in [0.717, 1.165) is 0 Å². The lowest BCUT2D eigenvalue weighted by molar-refractivity contribution is -0.141. The zero-order valence-electron chi connectivity index (χ0n) is 9.12. The lowest BCUT2D eigenvalue weighted by Crippen LogP contribution is -2.31. The summed E-state index contributed by atoms with van der Waals surface area (Å²) in [7, 11) is 1.70. The minimum Gasteiger partial charge on any atom is -0.465 e. The summed E-state index contributed by atoms with van der Waals surface area (Å²) in [6.45, 7) is 1.86. The Morgan fingerprint density at radius 3 is 2.75 bits per heavy atom. The molecule has 16 heavy (non-hydrogen) atoms.